The van der Waals surface area contributed by atoms with Crippen LogP contribution in [0.25, 0.3) is 0 Å². The van der Waals surface area contributed by atoms with Crippen molar-refractivity contribution in [2.75, 3.05) is 18.9 Å². The number of rotatable bonds is 4. The number of nitrogens with zero attached hydrogens (tertiary/aromatic N) is 3. The summed E-state index contributed by atoms with van der Waals surface area (Å²) in [6, 6.07) is 13.3. The van der Waals surface area contributed by atoms with Gasteiger partial charge >= 0.3 is 0 Å². The predicted molar refractivity (Wildman–Crippen MR) is 117 cm³/mol. The van der Waals surface area contributed by atoms with Crippen molar-refractivity contribution < 1.29 is 18.9 Å². The maximum absolute atomic E-state index is 14.3. The molecule has 0 aliphatic carbocycles. The van der Waals surface area contributed by atoms with E-state index in [-0.39, 0.29) is 18.0 Å². The smallest absolute Gasteiger partial charge is 0.269 e. The number of halogens is 1. The van der Waals surface area contributed by atoms with Crippen LogP contribution in [-0.4, -0.2) is 40.1 Å². The van der Waals surface area contributed by atoms with Crippen molar-refractivity contribution >= 4 is 23.1 Å². The summed E-state index contributed by atoms with van der Waals surface area (Å²) in [6.45, 7) is 0.270. The average Bonchev–Trinajstić information content (AvgIpc) is 3.29. The number of fused-ring (bicyclic) bond motifs is 2. The number of likely N-dealkylation sites (N-methyl/N-ethyl adjacent to an activating group) is 1. The number of carbonyl (C=O) groups excluding carboxylic acids is 2. The molecule has 3 atom stereocenters. The quantitative estimate of drug-likeness (QED) is 0.374. The number of likely N-dealkylation sites (tertiary alicyclic amines) is 1. The molecule has 3 heterocycles. The maximum Gasteiger partial charge on any atom is 0.269 e. The molecule has 1 aromatic heterocycles. The summed E-state index contributed by atoms with van der Waals surface area (Å²) >= 11 is 0. The molecule has 8 nitrogen and oxygen atoms in total. The number of ketones is 1. The van der Waals surface area contributed by atoms with Crippen molar-refractivity contribution in [1.82, 2.24) is 9.88 Å². The van der Waals surface area contributed by atoms with E-state index in [1.165, 1.54) is 42.7 Å². The zero-order valence-electron chi connectivity index (χ0n) is 17.6. The van der Waals surface area contributed by atoms with E-state index in [1.54, 1.807) is 36.2 Å². The lowest BCUT2D eigenvalue weighted by Crippen LogP contribution is -2.51. The molecule has 1 saturated heterocycles. The van der Waals surface area contributed by atoms with Gasteiger partial charge in [0.05, 0.1) is 10.8 Å². The molecule has 5 rings (SSSR count). The molecular formula is C24H19FN4O4. The molecule has 1 amide bonds. The van der Waals surface area contributed by atoms with Crippen LogP contribution in [0.2, 0.25) is 0 Å². The molecule has 166 valence electrons. The molecule has 0 radical (unpaired) electrons. The molecule has 9 heteroatoms. The van der Waals surface area contributed by atoms with E-state index in [0.29, 0.717) is 22.4 Å². The van der Waals surface area contributed by atoms with Gasteiger partial charge in [0.2, 0.25) is 5.91 Å². The minimum Gasteiger partial charge on any atom is -0.324 e. The normalized spacial score (nSPS) is 24.0. The molecule has 0 unspecified atom stereocenters. The van der Waals surface area contributed by atoms with Gasteiger partial charge in [0.25, 0.3) is 5.69 Å². The summed E-state index contributed by atoms with van der Waals surface area (Å²) in [6.07, 6.45) is 2.98. The fraction of sp³-hybridized carbons (Fsp3) is 0.208. The van der Waals surface area contributed by atoms with Crippen LogP contribution < -0.4 is 5.32 Å². The Morgan fingerprint density at radius 3 is 2.70 bits per heavy atom. The summed E-state index contributed by atoms with van der Waals surface area (Å²) in [5, 5.41) is 14.2. The number of amides is 1. The lowest BCUT2D eigenvalue weighted by molar-refractivity contribution is -0.384. The van der Waals surface area contributed by atoms with E-state index in [0.717, 1.165) is 0 Å². The molecule has 2 aliphatic rings. The molecule has 1 fully saturated rings. The first-order valence-electron chi connectivity index (χ1n) is 10.4. The van der Waals surface area contributed by atoms with Crippen molar-refractivity contribution in [1.29, 1.82) is 0 Å². The van der Waals surface area contributed by atoms with Crippen molar-refractivity contribution in [3.8, 4) is 0 Å². The van der Waals surface area contributed by atoms with Crippen LogP contribution >= 0.6 is 0 Å². The van der Waals surface area contributed by atoms with E-state index >= 15 is 0 Å². The summed E-state index contributed by atoms with van der Waals surface area (Å²) in [5.74, 6) is -2.76. The summed E-state index contributed by atoms with van der Waals surface area (Å²) in [7, 11) is 1.71. The number of non-ortho nitro benzene ring substituents is 1. The Balaban J connectivity index is 1.74. The number of nitrogens with one attached hydrogen (secondary N) is 1. The van der Waals surface area contributed by atoms with Gasteiger partial charge in [-0.2, -0.15) is 0 Å². The number of nitro groups is 1. The van der Waals surface area contributed by atoms with Gasteiger partial charge < -0.3 is 5.32 Å². The first kappa shape index (κ1) is 20.9. The molecule has 1 N–H and O–H groups in total. The number of hydrogen-bond acceptors (Lipinski definition) is 6. The Morgan fingerprint density at radius 2 is 1.97 bits per heavy atom. The summed E-state index contributed by atoms with van der Waals surface area (Å²) in [5.41, 5.74) is 0.188. The SMILES string of the molecule is CN1C[C@H](c2cccc([N+](=O)[O-])c2)[C@@H](C(=O)c2ccncc2)[C@@]12C(=O)Nc1ccc(F)cc12. The van der Waals surface area contributed by atoms with E-state index < -0.39 is 34.0 Å². The Bertz CT molecular complexity index is 1300. The molecule has 0 saturated carbocycles. The third-order valence-electron chi connectivity index (χ3n) is 6.67. The van der Waals surface area contributed by atoms with Crippen molar-refractivity contribution in [2.45, 2.75) is 11.5 Å². The number of Topliss-reactive ketones (excluding diaryl/α,β-unsaturated/α-hetero) is 1. The van der Waals surface area contributed by atoms with Crippen LogP contribution in [0.5, 0.6) is 0 Å². The second-order valence-electron chi connectivity index (χ2n) is 8.33. The molecule has 3 aromatic rings. The average molecular weight is 446 g/mol. The van der Waals surface area contributed by atoms with Crippen molar-refractivity contribution in [3.05, 3.63) is 99.6 Å². The van der Waals surface area contributed by atoms with Gasteiger partial charge in [-0.1, -0.05) is 12.1 Å². The highest BCUT2D eigenvalue weighted by molar-refractivity contribution is 6.12. The number of nitro benzene ring substituents is 1. The number of benzene rings is 2. The lowest BCUT2D eigenvalue weighted by Gasteiger charge is -2.35. The topological polar surface area (TPSA) is 105 Å². The second kappa shape index (κ2) is 7.56. The first-order valence-corrected chi connectivity index (χ1v) is 10.4. The Morgan fingerprint density at radius 1 is 1.21 bits per heavy atom. The predicted octanol–water partition coefficient (Wildman–Crippen LogP) is 3.50. The highest BCUT2D eigenvalue weighted by Gasteiger charge is 2.64. The van der Waals surface area contributed by atoms with E-state index in [1.807, 2.05) is 0 Å². The number of carbonyl (C=O) groups is 2. The van der Waals surface area contributed by atoms with Crippen LogP contribution in [0.1, 0.15) is 27.4 Å². The lowest BCUT2D eigenvalue weighted by atomic mass is 9.70. The minimum absolute atomic E-state index is 0.103. The minimum atomic E-state index is -1.47. The van der Waals surface area contributed by atoms with Gasteiger partial charge in [0, 0.05) is 53.8 Å². The Kier molecular flexibility index (Phi) is 4.79. The fourth-order valence-electron chi connectivity index (χ4n) is 5.28. The van der Waals surface area contributed by atoms with Crippen LogP contribution in [0, 0.1) is 21.8 Å². The molecule has 1 spiro atoms. The molecular weight excluding hydrogens is 427 g/mol. The molecule has 2 aromatic carbocycles. The standard InChI is InChI=1S/C24H19FN4O4/c1-28-13-18(15-3-2-4-17(11-15)29(32)33)21(22(30)14-7-9-26-10-8-14)24(28)19-12-16(25)5-6-20(19)27-23(24)31/h2-12,18,21H,13H2,1H3,(H,27,31)/t18-,21+,24+/m1/s1. The second-order valence-corrected chi connectivity index (χ2v) is 8.33. The number of pyridine rings is 1. The van der Waals surface area contributed by atoms with Gasteiger partial charge in [-0.25, -0.2) is 4.39 Å². The first-order chi connectivity index (χ1) is 15.8. The van der Waals surface area contributed by atoms with Crippen molar-refractivity contribution in [2.24, 2.45) is 5.92 Å². The third-order valence-corrected chi connectivity index (χ3v) is 6.67. The molecule has 2 aliphatic heterocycles. The zero-order chi connectivity index (χ0) is 23.3. The van der Waals surface area contributed by atoms with Gasteiger partial charge in [0.15, 0.2) is 5.78 Å². The zero-order valence-corrected chi connectivity index (χ0v) is 17.6. The largest absolute Gasteiger partial charge is 0.324 e. The van der Waals surface area contributed by atoms with Crippen LogP contribution in [-0.2, 0) is 10.3 Å². The van der Waals surface area contributed by atoms with E-state index in [4.69, 9.17) is 0 Å². The van der Waals surface area contributed by atoms with Crippen molar-refractivity contribution in [3.63, 3.8) is 0 Å². The van der Waals surface area contributed by atoms with Crippen LogP contribution in [0.15, 0.2) is 67.0 Å². The third kappa shape index (κ3) is 3.04. The summed E-state index contributed by atoms with van der Waals surface area (Å²) < 4.78 is 14.3. The Labute approximate surface area is 188 Å². The highest BCUT2D eigenvalue weighted by Crippen LogP contribution is 2.55. The maximum atomic E-state index is 14.3. The van der Waals surface area contributed by atoms with Gasteiger partial charge in [-0.05, 0) is 42.9 Å². The monoisotopic (exact) mass is 446 g/mol. The Hall–Kier alpha value is -3.98. The summed E-state index contributed by atoms with van der Waals surface area (Å²) in [4.78, 5) is 44.1. The number of aromatic nitrogens is 1. The molecule has 33 heavy (non-hydrogen) atoms. The van der Waals surface area contributed by atoms with Gasteiger partial charge in [-0.3, -0.25) is 29.6 Å². The van der Waals surface area contributed by atoms with Gasteiger partial charge in [0.1, 0.15) is 11.4 Å². The van der Waals surface area contributed by atoms with Crippen LogP contribution in [0.3, 0.4) is 0 Å². The van der Waals surface area contributed by atoms with E-state index in [9.17, 15) is 24.1 Å². The van der Waals surface area contributed by atoms with E-state index in [2.05, 4.69) is 10.3 Å². The van der Waals surface area contributed by atoms with Gasteiger partial charge in [-0.15, -0.1) is 0 Å². The number of anilines is 1. The molecule has 0 bridgehead atoms. The highest BCUT2D eigenvalue weighted by atomic mass is 19.1. The number of hydrogen-bond donors (Lipinski definition) is 1. The van der Waals surface area contributed by atoms with Crippen LogP contribution in [0.4, 0.5) is 15.8 Å². The fourth-order valence-corrected chi connectivity index (χ4v) is 5.28.